The zero-order chi connectivity index (χ0) is 22.9. The average molecular weight is 474 g/mol. The molecule has 166 valence electrons. The van der Waals surface area contributed by atoms with Crippen molar-refractivity contribution in [3.63, 3.8) is 0 Å². The molecule has 3 aromatic rings. The predicted molar refractivity (Wildman–Crippen MR) is 121 cm³/mol. The summed E-state index contributed by atoms with van der Waals surface area (Å²) >= 11 is 0. The van der Waals surface area contributed by atoms with Crippen LogP contribution in [0, 0.1) is 5.82 Å². The van der Waals surface area contributed by atoms with Gasteiger partial charge >= 0.3 is 0 Å². The zero-order valence-electron chi connectivity index (χ0n) is 17.0. The van der Waals surface area contributed by atoms with Crippen LogP contribution in [0.3, 0.4) is 0 Å². The van der Waals surface area contributed by atoms with Gasteiger partial charge in [-0.25, -0.2) is 12.8 Å². The number of rotatable bonds is 6. The molecule has 0 fully saturated rings. The maximum absolute atomic E-state index is 13.9. The van der Waals surface area contributed by atoms with Gasteiger partial charge in [-0.2, -0.15) is 17.9 Å². The minimum atomic E-state index is -3.99. The largest absolute Gasteiger partial charge is 0.284 e. The van der Waals surface area contributed by atoms with Gasteiger partial charge in [-0.1, -0.05) is 42.5 Å². The second-order valence-electron chi connectivity index (χ2n) is 7.36. The topological polar surface area (TPSA) is 95.9 Å². The van der Waals surface area contributed by atoms with Gasteiger partial charge in [0.15, 0.2) is 0 Å². The summed E-state index contributed by atoms with van der Waals surface area (Å²) in [5.41, 5.74) is 1.99. The third-order valence-electron chi connectivity index (χ3n) is 4.91. The molecule has 0 saturated heterocycles. The van der Waals surface area contributed by atoms with Crippen molar-refractivity contribution >= 4 is 31.4 Å². The first-order valence-electron chi connectivity index (χ1n) is 9.64. The molecule has 4 rings (SSSR count). The van der Waals surface area contributed by atoms with E-state index < -0.39 is 31.9 Å². The first-order valence-corrected chi connectivity index (χ1v) is 13.0. The van der Waals surface area contributed by atoms with E-state index in [-0.39, 0.29) is 11.3 Å². The lowest BCUT2D eigenvalue weighted by Crippen LogP contribution is -2.27. The van der Waals surface area contributed by atoms with Crippen molar-refractivity contribution in [1.29, 1.82) is 0 Å². The number of hydrogen-bond acceptors (Lipinski definition) is 5. The van der Waals surface area contributed by atoms with Crippen molar-refractivity contribution in [3.8, 4) is 0 Å². The van der Waals surface area contributed by atoms with E-state index in [1.807, 2.05) is 0 Å². The predicted octanol–water partition coefficient (Wildman–Crippen LogP) is 3.74. The molecule has 0 aromatic heterocycles. The molecule has 32 heavy (non-hydrogen) atoms. The Hall–Kier alpha value is -3.24. The van der Waals surface area contributed by atoms with E-state index in [2.05, 4.69) is 9.82 Å². The molecule has 1 aliphatic heterocycles. The summed E-state index contributed by atoms with van der Waals surface area (Å²) in [4.78, 5) is 0.0825. The number of halogens is 1. The summed E-state index contributed by atoms with van der Waals surface area (Å²) in [6.07, 6.45) is 1.28. The van der Waals surface area contributed by atoms with Crippen molar-refractivity contribution in [2.45, 2.75) is 17.4 Å². The van der Waals surface area contributed by atoms with Crippen molar-refractivity contribution in [2.75, 3.05) is 11.0 Å². The molecule has 1 aliphatic rings. The molecule has 0 amide bonds. The van der Waals surface area contributed by atoms with E-state index in [9.17, 15) is 21.2 Å². The van der Waals surface area contributed by atoms with Crippen LogP contribution in [0.2, 0.25) is 0 Å². The van der Waals surface area contributed by atoms with Crippen molar-refractivity contribution in [1.82, 2.24) is 4.41 Å². The number of sulfonamides is 2. The van der Waals surface area contributed by atoms with Crippen LogP contribution in [0.4, 0.5) is 10.1 Å². The summed E-state index contributed by atoms with van der Waals surface area (Å²) in [6.45, 7) is 0. The maximum Gasteiger partial charge on any atom is 0.279 e. The van der Waals surface area contributed by atoms with Crippen molar-refractivity contribution in [2.24, 2.45) is 5.10 Å². The number of nitrogens with one attached hydrogen (secondary N) is 1. The van der Waals surface area contributed by atoms with E-state index in [4.69, 9.17) is 0 Å². The van der Waals surface area contributed by atoms with E-state index in [0.29, 0.717) is 22.5 Å². The highest BCUT2D eigenvalue weighted by atomic mass is 32.2. The standard InChI is InChI=1S/C22H20FN3O4S2/c1-31(27,28)25-19-12-10-16(11-13-19)21-15-22(17-6-5-7-18(23)14-17)26(24-21)32(29,30)20-8-3-2-4-9-20/h2-14,22,25H,15H2,1H3/t22-/m0/s1. The number of nitrogens with zero attached hydrogens (tertiary/aromatic N) is 2. The number of benzene rings is 3. The summed E-state index contributed by atoms with van der Waals surface area (Å²) < 4.78 is 66.8. The summed E-state index contributed by atoms with van der Waals surface area (Å²) in [5, 5.41) is 4.40. The first-order chi connectivity index (χ1) is 15.1. The third kappa shape index (κ3) is 4.66. The van der Waals surface area contributed by atoms with E-state index in [1.54, 1.807) is 48.5 Å². The monoisotopic (exact) mass is 473 g/mol. The molecule has 1 heterocycles. The average Bonchev–Trinajstić information content (AvgIpc) is 3.20. The van der Waals surface area contributed by atoms with Crippen LogP contribution in [0.5, 0.6) is 0 Å². The lowest BCUT2D eigenvalue weighted by molar-refractivity contribution is 0.370. The Kier molecular flexibility index (Phi) is 5.74. The van der Waals surface area contributed by atoms with Crippen LogP contribution in [0.25, 0.3) is 0 Å². The Morgan fingerprint density at radius 3 is 2.25 bits per heavy atom. The van der Waals surface area contributed by atoms with Crippen LogP contribution < -0.4 is 4.72 Å². The van der Waals surface area contributed by atoms with E-state index in [1.165, 1.54) is 30.3 Å². The highest BCUT2D eigenvalue weighted by Gasteiger charge is 2.37. The molecule has 0 saturated carbocycles. The minimum Gasteiger partial charge on any atom is -0.284 e. The normalized spacial score (nSPS) is 16.6. The Morgan fingerprint density at radius 1 is 0.938 bits per heavy atom. The first kappa shape index (κ1) is 22.0. The lowest BCUT2D eigenvalue weighted by Gasteiger charge is -2.23. The fourth-order valence-corrected chi connectivity index (χ4v) is 5.51. The van der Waals surface area contributed by atoms with Gasteiger partial charge in [-0.3, -0.25) is 4.72 Å². The van der Waals surface area contributed by atoms with Crippen LogP contribution in [-0.4, -0.2) is 33.2 Å². The van der Waals surface area contributed by atoms with Crippen molar-refractivity contribution in [3.05, 3.63) is 95.8 Å². The van der Waals surface area contributed by atoms with E-state index >= 15 is 0 Å². The van der Waals surface area contributed by atoms with Gasteiger partial charge in [0.05, 0.1) is 22.9 Å². The van der Waals surface area contributed by atoms with Gasteiger partial charge in [0.25, 0.3) is 10.0 Å². The molecule has 0 bridgehead atoms. The van der Waals surface area contributed by atoms with Crippen molar-refractivity contribution < 1.29 is 21.2 Å². The molecule has 0 aliphatic carbocycles. The van der Waals surface area contributed by atoms with Gasteiger partial charge < -0.3 is 0 Å². The number of anilines is 1. The molecule has 0 radical (unpaired) electrons. The molecule has 0 unspecified atom stereocenters. The summed E-state index contributed by atoms with van der Waals surface area (Å²) in [6, 6.07) is 19.5. The molecule has 0 spiro atoms. The van der Waals surface area contributed by atoms with Crippen LogP contribution in [0.15, 0.2) is 88.9 Å². The summed E-state index contributed by atoms with van der Waals surface area (Å²) in [5.74, 6) is -0.468. The summed E-state index contributed by atoms with van der Waals surface area (Å²) in [7, 11) is -7.41. The smallest absolute Gasteiger partial charge is 0.279 e. The number of hydrazone groups is 1. The SMILES string of the molecule is CS(=O)(=O)Nc1ccc(C2=NN(S(=O)(=O)c3ccccc3)[C@H](c3cccc(F)c3)C2)cc1. The fourth-order valence-electron chi connectivity index (χ4n) is 3.49. The lowest BCUT2D eigenvalue weighted by atomic mass is 9.99. The maximum atomic E-state index is 13.9. The Bertz CT molecular complexity index is 1370. The Balaban J connectivity index is 1.74. The highest BCUT2D eigenvalue weighted by molar-refractivity contribution is 7.92. The van der Waals surface area contributed by atoms with Gasteiger partial charge in [0, 0.05) is 12.1 Å². The molecular formula is C22H20FN3O4S2. The molecular weight excluding hydrogens is 453 g/mol. The number of hydrogen-bond donors (Lipinski definition) is 1. The Morgan fingerprint density at radius 2 is 1.62 bits per heavy atom. The van der Waals surface area contributed by atoms with Gasteiger partial charge in [-0.05, 0) is 47.5 Å². The molecule has 3 aromatic carbocycles. The quantitative estimate of drug-likeness (QED) is 0.590. The van der Waals surface area contributed by atoms with Crippen LogP contribution in [0.1, 0.15) is 23.6 Å². The second kappa shape index (κ2) is 8.36. The van der Waals surface area contributed by atoms with E-state index in [0.717, 1.165) is 10.7 Å². The third-order valence-corrected chi connectivity index (χ3v) is 7.22. The Labute approximate surface area is 186 Å². The second-order valence-corrected chi connectivity index (χ2v) is 10.9. The molecule has 1 atom stereocenters. The molecule has 7 nitrogen and oxygen atoms in total. The van der Waals surface area contributed by atoms with Crippen LogP contribution >= 0.6 is 0 Å². The fraction of sp³-hybridized carbons (Fsp3) is 0.136. The minimum absolute atomic E-state index is 0.0825. The van der Waals surface area contributed by atoms with Crippen LogP contribution in [-0.2, 0) is 20.0 Å². The highest BCUT2D eigenvalue weighted by Crippen LogP contribution is 2.37. The molecule has 1 N–H and O–H groups in total. The molecule has 10 heteroatoms. The van der Waals surface area contributed by atoms with Gasteiger partial charge in [-0.15, -0.1) is 0 Å². The zero-order valence-corrected chi connectivity index (χ0v) is 18.6. The van der Waals surface area contributed by atoms with Gasteiger partial charge in [0.2, 0.25) is 10.0 Å². The van der Waals surface area contributed by atoms with Gasteiger partial charge in [0.1, 0.15) is 5.82 Å².